The van der Waals surface area contributed by atoms with Crippen molar-refractivity contribution in [3.05, 3.63) is 0 Å². The summed E-state index contributed by atoms with van der Waals surface area (Å²) in [5, 5.41) is 0. The molecule has 1 N–H and O–H groups in total. The highest BCUT2D eigenvalue weighted by molar-refractivity contribution is 7.89. The van der Waals surface area contributed by atoms with Gasteiger partial charge in [0.25, 0.3) is 0 Å². The van der Waals surface area contributed by atoms with E-state index in [4.69, 9.17) is 11.2 Å². The first kappa shape index (κ1) is 13.4. The van der Waals surface area contributed by atoms with E-state index in [1.807, 2.05) is 0 Å². The fraction of sp³-hybridized carbons (Fsp3) is 0.778. The van der Waals surface area contributed by atoms with Crippen LogP contribution in [0.3, 0.4) is 0 Å². The van der Waals surface area contributed by atoms with Crippen LogP contribution in [0.2, 0.25) is 0 Å². The van der Waals surface area contributed by atoms with E-state index >= 15 is 0 Å². The first-order chi connectivity index (χ1) is 6.33. The van der Waals surface area contributed by atoms with E-state index in [2.05, 4.69) is 10.6 Å². The predicted molar refractivity (Wildman–Crippen MR) is 56.3 cm³/mol. The van der Waals surface area contributed by atoms with Crippen molar-refractivity contribution in [3.63, 3.8) is 0 Å². The van der Waals surface area contributed by atoms with Crippen LogP contribution < -0.4 is 4.72 Å². The van der Waals surface area contributed by atoms with E-state index in [1.54, 1.807) is 13.8 Å². The molecule has 0 bridgehead atoms. The molecule has 0 fully saturated rings. The second-order valence-corrected chi connectivity index (χ2v) is 5.38. The molecule has 0 spiro atoms. The Labute approximate surface area is 86.1 Å². The number of rotatable bonds is 6. The number of terminal acetylenes is 1. The SMILES string of the molecule is C#CC(C)(C)NS(=O)(=O)CCCOC. The molecule has 0 aliphatic rings. The summed E-state index contributed by atoms with van der Waals surface area (Å²) >= 11 is 0. The van der Waals surface area contributed by atoms with Gasteiger partial charge in [0.1, 0.15) is 0 Å². The summed E-state index contributed by atoms with van der Waals surface area (Å²) in [6, 6.07) is 0. The molecule has 0 radical (unpaired) electrons. The summed E-state index contributed by atoms with van der Waals surface area (Å²) in [4.78, 5) is 0. The summed E-state index contributed by atoms with van der Waals surface area (Å²) in [6.07, 6.45) is 5.63. The molecular formula is C9H17NO3S. The van der Waals surface area contributed by atoms with Crippen LogP contribution in [0.15, 0.2) is 0 Å². The number of sulfonamides is 1. The van der Waals surface area contributed by atoms with Crippen molar-refractivity contribution < 1.29 is 13.2 Å². The number of methoxy groups -OCH3 is 1. The number of hydrogen-bond donors (Lipinski definition) is 1. The third-order valence-corrected chi connectivity index (χ3v) is 3.18. The minimum Gasteiger partial charge on any atom is -0.385 e. The van der Waals surface area contributed by atoms with Crippen LogP contribution in [0.25, 0.3) is 0 Å². The van der Waals surface area contributed by atoms with Crippen molar-refractivity contribution in [1.82, 2.24) is 4.72 Å². The van der Waals surface area contributed by atoms with Gasteiger partial charge in [-0.25, -0.2) is 8.42 Å². The Bertz CT molecular complexity index is 301. The van der Waals surface area contributed by atoms with Gasteiger partial charge in [-0.1, -0.05) is 5.92 Å². The van der Waals surface area contributed by atoms with Gasteiger partial charge in [0.2, 0.25) is 10.0 Å². The fourth-order valence-electron chi connectivity index (χ4n) is 0.863. The Kier molecular flexibility index (Phi) is 5.13. The third kappa shape index (κ3) is 5.97. The molecule has 14 heavy (non-hydrogen) atoms. The molecule has 0 aromatic rings. The zero-order valence-corrected chi connectivity index (χ0v) is 9.65. The maximum atomic E-state index is 11.4. The van der Waals surface area contributed by atoms with Crippen LogP contribution in [0.4, 0.5) is 0 Å². The second-order valence-electron chi connectivity index (χ2n) is 3.54. The molecule has 0 saturated heterocycles. The quantitative estimate of drug-likeness (QED) is 0.518. The van der Waals surface area contributed by atoms with Gasteiger partial charge in [-0.2, -0.15) is 4.72 Å². The maximum absolute atomic E-state index is 11.4. The zero-order chi connectivity index (χ0) is 11.2. The summed E-state index contributed by atoms with van der Waals surface area (Å²) < 4.78 is 30.0. The van der Waals surface area contributed by atoms with E-state index in [9.17, 15) is 8.42 Å². The highest BCUT2D eigenvalue weighted by Gasteiger charge is 2.21. The molecular weight excluding hydrogens is 202 g/mol. The Hall–Kier alpha value is -0.570. The smallest absolute Gasteiger partial charge is 0.212 e. The van der Waals surface area contributed by atoms with E-state index < -0.39 is 15.6 Å². The summed E-state index contributed by atoms with van der Waals surface area (Å²) in [6.45, 7) is 3.71. The molecule has 5 heteroatoms. The van der Waals surface area contributed by atoms with Gasteiger partial charge >= 0.3 is 0 Å². The van der Waals surface area contributed by atoms with Crippen LogP contribution in [0.1, 0.15) is 20.3 Å². The van der Waals surface area contributed by atoms with Gasteiger partial charge in [-0.3, -0.25) is 0 Å². The Balaban J connectivity index is 4.17. The molecule has 0 aromatic heterocycles. The molecule has 0 aromatic carbocycles. The average Bonchev–Trinajstić information content (AvgIpc) is 2.03. The lowest BCUT2D eigenvalue weighted by atomic mass is 10.1. The van der Waals surface area contributed by atoms with E-state index in [-0.39, 0.29) is 5.75 Å². The van der Waals surface area contributed by atoms with Crippen molar-refractivity contribution in [1.29, 1.82) is 0 Å². The maximum Gasteiger partial charge on any atom is 0.212 e. The number of nitrogens with one attached hydrogen (secondary N) is 1. The number of ether oxygens (including phenoxy) is 1. The van der Waals surface area contributed by atoms with Crippen molar-refractivity contribution in [3.8, 4) is 12.3 Å². The van der Waals surface area contributed by atoms with Gasteiger partial charge in [-0.05, 0) is 20.3 Å². The molecule has 0 unspecified atom stereocenters. The minimum atomic E-state index is -3.30. The van der Waals surface area contributed by atoms with Gasteiger partial charge in [0.05, 0.1) is 11.3 Å². The van der Waals surface area contributed by atoms with Gasteiger partial charge in [0.15, 0.2) is 0 Å². The van der Waals surface area contributed by atoms with Gasteiger partial charge < -0.3 is 4.74 Å². The predicted octanol–water partition coefficient (Wildman–Crippen LogP) is 0.354. The number of hydrogen-bond acceptors (Lipinski definition) is 3. The van der Waals surface area contributed by atoms with Crippen LogP contribution in [-0.4, -0.2) is 33.4 Å². The largest absolute Gasteiger partial charge is 0.385 e. The molecule has 4 nitrogen and oxygen atoms in total. The van der Waals surface area contributed by atoms with Gasteiger partial charge in [-0.15, -0.1) is 6.42 Å². The first-order valence-electron chi connectivity index (χ1n) is 4.31. The lowest BCUT2D eigenvalue weighted by Gasteiger charge is -2.19. The molecule has 0 saturated carbocycles. The lowest BCUT2D eigenvalue weighted by molar-refractivity contribution is 0.199. The van der Waals surface area contributed by atoms with E-state index in [0.717, 1.165) is 0 Å². The fourth-order valence-corrected chi connectivity index (χ4v) is 2.30. The third-order valence-electron chi connectivity index (χ3n) is 1.53. The highest BCUT2D eigenvalue weighted by Crippen LogP contribution is 2.03. The van der Waals surface area contributed by atoms with Crippen LogP contribution >= 0.6 is 0 Å². The summed E-state index contributed by atoms with van der Waals surface area (Å²) in [7, 11) is -1.76. The molecule has 0 amide bonds. The average molecular weight is 219 g/mol. The minimum absolute atomic E-state index is 0.0337. The van der Waals surface area contributed by atoms with Crippen LogP contribution in [0.5, 0.6) is 0 Å². The van der Waals surface area contributed by atoms with Crippen molar-refractivity contribution >= 4 is 10.0 Å². The Morgan fingerprint density at radius 3 is 2.50 bits per heavy atom. The highest BCUT2D eigenvalue weighted by atomic mass is 32.2. The molecule has 82 valence electrons. The normalized spacial score (nSPS) is 12.4. The molecule has 0 atom stereocenters. The second kappa shape index (κ2) is 5.35. The zero-order valence-electron chi connectivity index (χ0n) is 8.83. The van der Waals surface area contributed by atoms with Gasteiger partial charge in [0, 0.05) is 13.7 Å². The molecule has 0 rings (SSSR count). The van der Waals surface area contributed by atoms with Crippen molar-refractivity contribution in [2.24, 2.45) is 0 Å². The summed E-state index contributed by atoms with van der Waals surface area (Å²) in [5.74, 6) is 2.40. The standard InChI is InChI=1S/C9H17NO3S/c1-5-9(2,3)10-14(11,12)8-6-7-13-4/h1,10H,6-8H2,2-4H3. The Morgan fingerprint density at radius 2 is 2.07 bits per heavy atom. The molecule has 0 heterocycles. The van der Waals surface area contributed by atoms with Crippen molar-refractivity contribution in [2.45, 2.75) is 25.8 Å². The van der Waals surface area contributed by atoms with E-state index in [0.29, 0.717) is 13.0 Å². The van der Waals surface area contributed by atoms with Crippen molar-refractivity contribution in [2.75, 3.05) is 19.5 Å². The Morgan fingerprint density at radius 1 is 1.50 bits per heavy atom. The topological polar surface area (TPSA) is 55.4 Å². The lowest BCUT2D eigenvalue weighted by Crippen LogP contribution is -2.43. The monoisotopic (exact) mass is 219 g/mol. The first-order valence-corrected chi connectivity index (χ1v) is 5.96. The van der Waals surface area contributed by atoms with Crippen LogP contribution in [-0.2, 0) is 14.8 Å². The van der Waals surface area contributed by atoms with E-state index in [1.165, 1.54) is 7.11 Å². The summed E-state index contributed by atoms with van der Waals surface area (Å²) in [5.41, 5.74) is -0.827. The molecule has 0 aliphatic carbocycles. The molecule has 0 aliphatic heterocycles. The van der Waals surface area contributed by atoms with Crippen LogP contribution in [0, 0.1) is 12.3 Å².